The number of para-hydroxylation sites is 1. The van der Waals surface area contributed by atoms with E-state index < -0.39 is 41.7 Å². The van der Waals surface area contributed by atoms with Gasteiger partial charge in [0.25, 0.3) is 0 Å². The maximum absolute atomic E-state index is 14.4. The number of allylic oxidation sites excluding steroid dienone is 1. The molecule has 1 heterocycles. The lowest BCUT2D eigenvalue weighted by atomic mass is 9.59. The number of carbonyl (C=O) groups excluding carboxylic acids is 2. The van der Waals surface area contributed by atoms with Gasteiger partial charge in [-0.05, 0) is 53.7 Å². The highest BCUT2D eigenvalue weighted by Crippen LogP contribution is 2.71. The Bertz CT molecular complexity index is 1400. The second-order valence-electron chi connectivity index (χ2n) is 12.1. The van der Waals surface area contributed by atoms with E-state index in [-0.39, 0.29) is 40.2 Å². The fourth-order valence-corrected chi connectivity index (χ4v) is 8.12. The summed E-state index contributed by atoms with van der Waals surface area (Å²) in [7, 11) is 1.73. The summed E-state index contributed by atoms with van der Waals surface area (Å²) in [5.41, 5.74) is -2.15. The molecule has 8 atom stereocenters. The van der Waals surface area contributed by atoms with Crippen LogP contribution in [0.3, 0.4) is 0 Å². The number of hydrogen-bond acceptors (Lipinski definition) is 7. The molecule has 2 bridgehead atoms. The van der Waals surface area contributed by atoms with Crippen LogP contribution in [0.15, 0.2) is 47.6 Å². The first-order valence-corrected chi connectivity index (χ1v) is 13.0. The molecule has 4 aliphatic rings. The number of nitrogens with zero attached hydrogens (tertiary/aromatic N) is 2. The largest absolute Gasteiger partial charge is 0.450 e. The summed E-state index contributed by atoms with van der Waals surface area (Å²) < 4.78 is 7.56. The summed E-state index contributed by atoms with van der Waals surface area (Å²) in [6.45, 7) is 7.44. The van der Waals surface area contributed by atoms with E-state index in [2.05, 4.69) is 18.9 Å². The first kappa shape index (κ1) is 24.5. The molecule has 1 aromatic heterocycles. The molecule has 2 fully saturated rings. The summed E-state index contributed by atoms with van der Waals surface area (Å²) >= 11 is 0. The second kappa shape index (κ2) is 7.62. The van der Waals surface area contributed by atoms with Gasteiger partial charge < -0.3 is 20.1 Å². The number of aromatic nitrogens is 2. The van der Waals surface area contributed by atoms with Gasteiger partial charge >= 0.3 is 5.97 Å². The number of fused-ring (bicyclic) bond motifs is 4. The maximum atomic E-state index is 14.4. The minimum atomic E-state index is -2.17. The number of ether oxygens (including phenoxy) is 1. The van der Waals surface area contributed by atoms with Gasteiger partial charge in [0, 0.05) is 18.4 Å². The predicted molar refractivity (Wildman–Crippen MR) is 135 cm³/mol. The third-order valence-electron chi connectivity index (χ3n) is 10.1. The normalized spacial score (nSPS) is 39.7. The Morgan fingerprint density at radius 1 is 1.27 bits per heavy atom. The third kappa shape index (κ3) is 2.86. The Morgan fingerprint density at radius 3 is 2.68 bits per heavy atom. The van der Waals surface area contributed by atoms with Crippen molar-refractivity contribution in [2.75, 3.05) is 6.61 Å². The number of aliphatic hydroxyl groups excluding tert-OH is 2. The number of rotatable bonds is 3. The summed E-state index contributed by atoms with van der Waals surface area (Å²) in [4.78, 5) is 27.9. The van der Waals surface area contributed by atoms with Gasteiger partial charge in [0.15, 0.2) is 23.2 Å². The topological polar surface area (TPSA) is 122 Å². The van der Waals surface area contributed by atoms with E-state index in [1.165, 1.54) is 0 Å². The average Bonchev–Trinajstić information content (AvgIpc) is 3.15. The van der Waals surface area contributed by atoms with Gasteiger partial charge in [-0.15, -0.1) is 0 Å². The van der Waals surface area contributed by atoms with Crippen molar-refractivity contribution in [1.82, 2.24) is 9.78 Å². The zero-order valence-electron chi connectivity index (χ0n) is 21.8. The number of carbonyl (C=O) groups is 2. The van der Waals surface area contributed by atoms with Crippen molar-refractivity contribution in [2.45, 2.75) is 51.9 Å². The van der Waals surface area contributed by atoms with E-state index in [9.17, 15) is 24.9 Å². The molecule has 3 N–H and O–H groups in total. The van der Waals surface area contributed by atoms with Crippen molar-refractivity contribution >= 4 is 22.7 Å². The maximum Gasteiger partial charge on any atom is 0.360 e. The Labute approximate surface area is 215 Å². The molecule has 196 valence electrons. The molecule has 2 saturated carbocycles. The summed E-state index contributed by atoms with van der Waals surface area (Å²) in [6.07, 6.45) is 1.21. The number of aryl methyl sites for hydroxylation is 1. The molecule has 1 aromatic carbocycles. The molecule has 0 radical (unpaired) electrons. The second-order valence-corrected chi connectivity index (χ2v) is 12.1. The van der Waals surface area contributed by atoms with Crippen LogP contribution in [-0.2, 0) is 16.6 Å². The smallest absolute Gasteiger partial charge is 0.360 e. The Hall–Kier alpha value is -2.81. The van der Waals surface area contributed by atoms with Crippen LogP contribution >= 0.6 is 0 Å². The standard InChI is InChI=1S/C29H34N2O6/c1-14-12-28-15(2)10-19-21(27(19,3)4)18(24(28)34)11-16(13-32)23(33)29(28,36)25(14)37-26(35)22-17-8-6-7-9-20(17)31(5)30-22/h6-9,11-12,15,18-19,21,23,25,32-33,36H,10,13H2,1-5H3/t15-,18+,19-,21+,23-,25+,28+,29+/m1/s1. The Balaban J connectivity index is 1.47. The van der Waals surface area contributed by atoms with Gasteiger partial charge in [0.2, 0.25) is 0 Å². The van der Waals surface area contributed by atoms with Crippen LogP contribution in [0.2, 0.25) is 0 Å². The van der Waals surface area contributed by atoms with Crippen LogP contribution in [0, 0.1) is 34.5 Å². The van der Waals surface area contributed by atoms with Crippen LogP contribution in [0.5, 0.6) is 0 Å². The van der Waals surface area contributed by atoms with Crippen molar-refractivity contribution in [3.8, 4) is 0 Å². The molecule has 6 rings (SSSR count). The van der Waals surface area contributed by atoms with Crippen LogP contribution in [0.4, 0.5) is 0 Å². The van der Waals surface area contributed by atoms with E-state index in [4.69, 9.17) is 4.74 Å². The van der Waals surface area contributed by atoms with E-state index in [1.54, 1.807) is 42.9 Å². The van der Waals surface area contributed by atoms with Crippen LogP contribution in [0.25, 0.3) is 10.9 Å². The number of benzene rings is 1. The Kier molecular flexibility index (Phi) is 5.05. The average molecular weight is 507 g/mol. The fourth-order valence-electron chi connectivity index (χ4n) is 8.12. The fraction of sp³-hybridized carbons (Fsp3) is 0.552. The van der Waals surface area contributed by atoms with Gasteiger partial charge in [-0.1, -0.05) is 51.1 Å². The summed E-state index contributed by atoms with van der Waals surface area (Å²) in [5, 5.41) is 39.4. The van der Waals surface area contributed by atoms with Gasteiger partial charge in [-0.2, -0.15) is 5.10 Å². The number of Topliss-reactive ketones (excluding diaryl/α,β-unsaturated/α-hetero) is 1. The lowest BCUT2D eigenvalue weighted by Crippen LogP contribution is -2.65. The molecule has 0 amide bonds. The molecule has 37 heavy (non-hydrogen) atoms. The van der Waals surface area contributed by atoms with E-state index in [0.29, 0.717) is 17.4 Å². The molecular weight excluding hydrogens is 472 g/mol. The highest BCUT2D eigenvalue weighted by atomic mass is 16.6. The van der Waals surface area contributed by atoms with E-state index in [0.717, 1.165) is 5.52 Å². The molecule has 1 spiro atoms. The first-order chi connectivity index (χ1) is 17.4. The van der Waals surface area contributed by atoms with Gasteiger partial charge in [-0.3, -0.25) is 9.48 Å². The van der Waals surface area contributed by atoms with Crippen molar-refractivity contribution in [3.63, 3.8) is 0 Å². The monoisotopic (exact) mass is 506 g/mol. The van der Waals surface area contributed by atoms with Gasteiger partial charge in [0.05, 0.1) is 17.5 Å². The van der Waals surface area contributed by atoms with Crippen LogP contribution in [-0.4, -0.2) is 61.3 Å². The molecule has 0 saturated heterocycles. The third-order valence-corrected chi connectivity index (χ3v) is 10.1. The quantitative estimate of drug-likeness (QED) is 0.432. The zero-order chi connectivity index (χ0) is 26.7. The lowest BCUT2D eigenvalue weighted by Gasteiger charge is -2.48. The highest BCUT2D eigenvalue weighted by Gasteiger charge is 2.76. The SMILES string of the molecule is CC1=C[C@]23C(=O)[C@@H](C=C(CO)[C@@H](O)[C@]2(O)[C@H]1OC(=O)c1nn(C)c2ccccc12)[C@H]1[C@@H](C[C@H]3C)C1(C)C. The van der Waals surface area contributed by atoms with E-state index in [1.807, 2.05) is 19.1 Å². The van der Waals surface area contributed by atoms with E-state index >= 15 is 0 Å². The predicted octanol–water partition coefficient (Wildman–Crippen LogP) is 2.57. The van der Waals surface area contributed by atoms with Crippen LogP contribution in [0.1, 0.15) is 44.6 Å². The molecule has 0 aliphatic heterocycles. The number of ketones is 1. The minimum absolute atomic E-state index is 0.0517. The highest BCUT2D eigenvalue weighted by molar-refractivity contribution is 6.02. The lowest BCUT2D eigenvalue weighted by molar-refractivity contribution is -0.190. The van der Waals surface area contributed by atoms with Crippen molar-refractivity contribution < 1.29 is 29.6 Å². The van der Waals surface area contributed by atoms with Gasteiger partial charge in [-0.25, -0.2) is 4.79 Å². The zero-order valence-corrected chi connectivity index (χ0v) is 21.8. The molecule has 2 aromatic rings. The molecule has 8 nitrogen and oxygen atoms in total. The summed E-state index contributed by atoms with van der Waals surface area (Å²) in [5.74, 6) is -1.45. The molecule has 4 aliphatic carbocycles. The minimum Gasteiger partial charge on any atom is -0.450 e. The van der Waals surface area contributed by atoms with Crippen molar-refractivity contribution in [2.24, 2.45) is 41.5 Å². The van der Waals surface area contributed by atoms with Crippen molar-refractivity contribution in [1.29, 1.82) is 0 Å². The number of hydrogen-bond donors (Lipinski definition) is 3. The molecule has 0 unspecified atom stereocenters. The number of esters is 1. The summed E-state index contributed by atoms with van der Waals surface area (Å²) in [6, 6.07) is 7.27. The Morgan fingerprint density at radius 2 is 1.97 bits per heavy atom. The first-order valence-electron chi connectivity index (χ1n) is 13.0. The van der Waals surface area contributed by atoms with Gasteiger partial charge in [0.1, 0.15) is 6.10 Å². The van der Waals surface area contributed by atoms with Crippen molar-refractivity contribution in [3.05, 3.63) is 53.3 Å². The molecular formula is C29H34N2O6. The van der Waals surface area contributed by atoms with Crippen LogP contribution < -0.4 is 0 Å². The number of aliphatic hydroxyl groups is 3. The molecule has 8 heteroatoms.